The first kappa shape index (κ1) is 13.3. The standard InChI is InChI=1S/C13H19BrN4/c1-9(13(2,3)4)7-16-11-12-15-5-6-18(12)8-10(14)17-11/h5-6,8-9H,7H2,1-4H3,(H,16,17). The Morgan fingerprint density at radius 2 is 2.17 bits per heavy atom. The number of nitrogens with one attached hydrogen (secondary N) is 1. The lowest BCUT2D eigenvalue weighted by Gasteiger charge is -2.27. The van der Waals surface area contributed by atoms with Gasteiger partial charge in [0, 0.05) is 25.1 Å². The molecule has 0 spiro atoms. The number of aromatic nitrogens is 3. The summed E-state index contributed by atoms with van der Waals surface area (Å²) in [6.07, 6.45) is 5.60. The fourth-order valence-electron chi connectivity index (χ4n) is 1.58. The highest BCUT2D eigenvalue weighted by molar-refractivity contribution is 9.10. The van der Waals surface area contributed by atoms with Gasteiger partial charge in [0.25, 0.3) is 0 Å². The van der Waals surface area contributed by atoms with Gasteiger partial charge in [-0.1, -0.05) is 27.7 Å². The molecule has 18 heavy (non-hydrogen) atoms. The van der Waals surface area contributed by atoms with Gasteiger partial charge in [0.15, 0.2) is 11.5 Å². The van der Waals surface area contributed by atoms with E-state index in [0.29, 0.717) is 5.92 Å². The van der Waals surface area contributed by atoms with Gasteiger partial charge in [-0.25, -0.2) is 9.97 Å². The summed E-state index contributed by atoms with van der Waals surface area (Å²) in [7, 11) is 0. The number of hydrogen-bond donors (Lipinski definition) is 1. The molecular weight excluding hydrogens is 292 g/mol. The minimum Gasteiger partial charge on any atom is -0.367 e. The Kier molecular flexibility index (Phi) is 3.61. The van der Waals surface area contributed by atoms with Crippen LogP contribution in [0.4, 0.5) is 5.82 Å². The Bertz CT molecular complexity index is 541. The van der Waals surface area contributed by atoms with Crippen LogP contribution in [0.15, 0.2) is 23.2 Å². The lowest BCUT2D eigenvalue weighted by atomic mass is 9.82. The highest BCUT2D eigenvalue weighted by Crippen LogP contribution is 2.26. The number of imidazole rings is 1. The number of rotatable bonds is 3. The van der Waals surface area contributed by atoms with Crippen molar-refractivity contribution >= 4 is 27.4 Å². The average molecular weight is 311 g/mol. The molecule has 4 nitrogen and oxygen atoms in total. The molecule has 0 aliphatic rings. The summed E-state index contributed by atoms with van der Waals surface area (Å²) < 4.78 is 2.76. The molecule has 2 rings (SSSR count). The molecule has 0 aliphatic heterocycles. The molecule has 2 heterocycles. The average Bonchev–Trinajstić information content (AvgIpc) is 2.71. The van der Waals surface area contributed by atoms with Crippen molar-refractivity contribution in [3.63, 3.8) is 0 Å². The second kappa shape index (κ2) is 4.88. The predicted molar refractivity (Wildman–Crippen MR) is 77.8 cm³/mol. The van der Waals surface area contributed by atoms with E-state index in [1.807, 2.05) is 16.8 Å². The normalized spacial score (nSPS) is 13.8. The van der Waals surface area contributed by atoms with Crippen LogP contribution in [0.5, 0.6) is 0 Å². The fraction of sp³-hybridized carbons (Fsp3) is 0.538. The molecule has 5 heteroatoms. The van der Waals surface area contributed by atoms with Crippen molar-refractivity contribution in [2.45, 2.75) is 27.7 Å². The number of anilines is 1. The van der Waals surface area contributed by atoms with Gasteiger partial charge < -0.3 is 9.72 Å². The van der Waals surface area contributed by atoms with Crippen LogP contribution >= 0.6 is 15.9 Å². The summed E-state index contributed by atoms with van der Waals surface area (Å²) in [4.78, 5) is 8.77. The van der Waals surface area contributed by atoms with E-state index in [0.717, 1.165) is 22.6 Å². The van der Waals surface area contributed by atoms with E-state index in [2.05, 4.69) is 58.9 Å². The number of fused-ring (bicyclic) bond motifs is 1. The molecule has 0 saturated carbocycles. The lowest BCUT2D eigenvalue weighted by molar-refractivity contribution is 0.274. The molecule has 2 aromatic heterocycles. The summed E-state index contributed by atoms with van der Waals surface area (Å²) >= 11 is 3.41. The van der Waals surface area contributed by atoms with Gasteiger partial charge in [0.1, 0.15) is 4.60 Å². The molecule has 1 unspecified atom stereocenters. The third kappa shape index (κ3) is 2.83. The molecule has 1 atom stereocenters. The summed E-state index contributed by atoms with van der Waals surface area (Å²) in [6, 6.07) is 0. The van der Waals surface area contributed by atoms with Gasteiger partial charge in [0.05, 0.1) is 0 Å². The molecule has 1 N–H and O–H groups in total. The van der Waals surface area contributed by atoms with Crippen LogP contribution in [0.3, 0.4) is 0 Å². The molecule has 0 aromatic carbocycles. The van der Waals surface area contributed by atoms with Crippen molar-refractivity contribution in [1.82, 2.24) is 14.4 Å². The van der Waals surface area contributed by atoms with Crippen LogP contribution in [0.25, 0.3) is 5.65 Å². The zero-order chi connectivity index (χ0) is 13.3. The first-order chi connectivity index (χ1) is 8.38. The van der Waals surface area contributed by atoms with Gasteiger partial charge in [-0.3, -0.25) is 0 Å². The van der Waals surface area contributed by atoms with Gasteiger partial charge in [0.2, 0.25) is 0 Å². The van der Waals surface area contributed by atoms with Crippen molar-refractivity contribution in [3.8, 4) is 0 Å². The third-order valence-corrected chi connectivity index (χ3v) is 3.78. The first-order valence-corrected chi connectivity index (χ1v) is 6.90. The van der Waals surface area contributed by atoms with Crippen LogP contribution in [-0.4, -0.2) is 20.9 Å². The molecule has 0 amide bonds. The maximum atomic E-state index is 4.45. The lowest BCUT2D eigenvalue weighted by Crippen LogP contribution is -2.25. The van der Waals surface area contributed by atoms with Crippen LogP contribution < -0.4 is 5.32 Å². The largest absolute Gasteiger partial charge is 0.367 e. The first-order valence-electron chi connectivity index (χ1n) is 6.11. The topological polar surface area (TPSA) is 42.2 Å². The highest BCUT2D eigenvalue weighted by atomic mass is 79.9. The van der Waals surface area contributed by atoms with Gasteiger partial charge >= 0.3 is 0 Å². The SMILES string of the molecule is CC(CNc1nc(Br)cn2ccnc12)C(C)(C)C. The predicted octanol–water partition coefficient (Wildman–Crippen LogP) is 3.59. The second-order valence-electron chi connectivity index (χ2n) is 5.72. The Balaban J connectivity index is 2.19. The van der Waals surface area contributed by atoms with Crippen molar-refractivity contribution in [1.29, 1.82) is 0 Å². The number of halogens is 1. The van der Waals surface area contributed by atoms with Crippen molar-refractivity contribution in [2.75, 3.05) is 11.9 Å². The zero-order valence-corrected chi connectivity index (χ0v) is 12.8. The maximum absolute atomic E-state index is 4.45. The van der Waals surface area contributed by atoms with E-state index in [1.54, 1.807) is 6.20 Å². The minimum absolute atomic E-state index is 0.282. The fourth-order valence-corrected chi connectivity index (χ4v) is 1.97. The van der Waals surface area contributed by atoms with E-state index in [1.165, 1.54) is 0 Å². The zero-order valence-electron chi connectivity index (χ0n) is 11.2. The molecule has 0 bridgehead atoms. The summed E-state index contributed by atoms with van der Waals surface area (Å²) in [6.45, 7) is 9.87. The number of hydrogen-bond acceptors (Lipinski definition) is 3. The van der Waals surface area contributed by atoms with Crippen LogP contribution in [0.1, 0.15) is 27.7 Å². The van der Waals surface area contributed by atoms with E-state index < -0.39 is 0 Å². The van der Waals surface area contributed by atoms with Crippen molar-refractivity contribution < 1.29 is 0 Å². The van der Waals surface area contributed by atoms with Gasteiger partial charge in [-0.05, 0) is 27.3 Å². The summed E-state index contributed by atoms with van der Waals surface area (Å²) in [5.41, 5.74) is 1.14. The Morgan fingerprint density at radius 1 is 1.44 bits per heavy atom. The van der Waals surface area contributed by atoms with Crippen LogP contribution in [-0.2, 0) is 0 Å². The van der Waals surface area contributed by atoms with Gasteiger partial charge in [-0.15, -0.1) is 0 Å². The van der Waals surface area contributed by atoms with E-state index in [-0.39, 0.29) is 5.41 Å². The quantitative estimate of drug-likeness (QED) is 0.942. The molecule has 0 fully saturated rings. The molecule has 2 aromatic rings. The van der Waals surface area contributed by atoms with Crippen LogP contribution in [0.2, 0.25) is 0 Å². The van der Waals surface area contributed by atoms with E-state index in [4.69, 9.17) is 0 Å². The van der Waals surface area contributed by atoms with E-state index >= 15 is 0 Å². The van der Waals surface area contributed by atoms with Gasteiger partial charge in [-0.2, -0.15) is 0 Å². The Labute approximate surface area is 116 Å². The molecular formula is C13H19BrN4. The molecule has 0 radical (unpaired) electrons. The summed E-state index contributed by atoms with van der Waals surface area (Å²) in [5, 5.41) is 3.40. The third-order valence-electron chi connectivity index (χ3n) is 3.40. The Morgan fingerprint density at radius 3 is 2.83 bits per heavy atom. The molecule has 98 valence electrons. The smallest absolute Gasteiger partial charge is 0.180 e. The van der Waals surface area contributed by atoms with E-state index in [9.17, 15) is 0 Å². The second-order valence-corrected chi connectivity index (χ2v) is 6.53. The maximum Gasteiger partial charge on any atom is 0.180 e. The monoisotopic (exact) mass is 310 g/mol. The summed E-state index contributed by atoms with van der Waals surface area (Å²) in [5.74, 6) is 1.37. The molecule has 0 aliphatic carbocycles. The molecule has 0 saturated heterocycles. The van der Waals surface area contributed by atoms with Crippen molar-refractivity contribution in [2.24, 2.45) is 11.3 Å². The highest BCUT2D eigenvalue weighted by Gasteiger charge is 2.20. The number of nitrogens with zero attached hydrogens (tertiary/aromatic N) is 3. The minimum atomic E-state index is 0.282. The van der Waals surface area contributed by atoms with Crippen LogP contribution in [0, 0.1) is 11.3 Å². The van der Waals surface area contributed by atoms with Crippen molar-refractivity contribution in [3.05, 3.63) is 23.2 Å². The Hall–Kier alpha value is -1.10.